The summed E-state index contributed by atoms with van der Waals surface area (Å²) in [5.74, 6) is 1.03. The first-order valence-corrected chi connectivity index (χ1v) is 10.2. The van der Waals surface area contributed by atoms with Gasteiger partial charge in [-0.25, -0.2) is 9.78 Å². The van der Waals surface area contributed by atoms with Crippen molar-refractivity contribution in [2.24, 2.45) is 0 Å². The summed E-state index contributed by atoms with van der Waals surface area (Å²) in [5.41, 5.74) is 2.58. The summed E-state index contributed by atoms with van der Waals surface area (Å²) in [7, 11) is 4.56. The number of hydrogen-bond donors (Lipinski definition) is 2. The Hall–Kier alpha value is -4.27. The van der Waals surface area contributed by atoms with Crippen molar-refractivity contribution in [3.63, 3.8) is 0 Å². The lowest BCUT2D eigenvalue weighted by atomic mass is 10.0. The molecule has 0 saturated carbocycles. The molecule has 0 aliphatic carbocycles. The van der Waals surface area contributed by atoms with Crippen LogP contribution in [0, 0.1) is 0 Å². The second kappa shape index (κ2) is 9.07. The first-order valence-electron chi connectivity index (χ1n) is 10.2. The number of aromatic amines is 1. The predicted octanol–water partition coefficient (Wildman–Crippen LogP) is 4.41. The molecule has 0 atom stereocenters. The van der Waals surface area contributed by atoms with Gasteiger partial charge in [0.25, 0.3) is 0 Å². The maximum Gasteiger partial charge on any atom is 0.336 e. The van der Waals surface area contributed by atoms with E-state index in [4.69, 9.17) is 18.9 Å². The average molecular weight is 449 g/mol. The van der Waals surface area contributed by atoms with Gasteiger partial charge in [-0.15, -0.1) is 0 Å². The molecule has 0 fully saturated rings. The van der Waals surface area contributed by atoms with E-state index in [0.29, 0.717) is 46.2 Å². The van der Waals surface area contributed by atoms with Gasteiger partial charge in [-0.2, -0.15) is 5.10 Å². The fourth-order valence-electron chi connectivity index (χ4n) is 3.65. The molecule has 0 unspecified atom stereocenters. The molecular weight excluding hydrogens is 426 g/mol. The van der Waals surface area contributed by atoms with Gasteiger partial charge in [0.2, 0.25) is 0 Å². The molecule has 4 rings (SSSR count). The van der Waals surface area contributed by atoms with Crippen LogP contribution in [0.5, 0.6) is 23.0 Å². The third-order valence-electron chi connectivity index (χ3n) is 5.19. The number of carboxylic acid groups (broad SMARTS) is 1. The topological polar surface area (TPSA) is 116 Å². The summed E-state index contributed by atoms with van der Waals surface area (Å²) in [6, 6.07) is 12.2. The Morgan fingerprint density at radius 2 is 1.64 bits per heavy atom. The van der Waals surface area contributed by atoms with Gasteiger partial charge in [0.1, 0.15) is 11.5 Å². The van der Waals surface area contributed by atoms with Crippen molar-refractivity contribution in [1.29, 1.82) is 0 Å². The molecule has 0 saturated heterocycles. The molecule has 0 bridgehead atoms. The highest BCUT2D eigenvalue weighted by Crippen LogP contribution is 2.41. The molecule has 2 N–H and O–H groups in total. The SMILES string of the molecule is CCOc1ccc(-c2[nH]nc3nc(-c4cc(OC)c(OC)cc4OC)cc(C(=O)O)c23)cc1. The fourth-order valence-corrected chi connectivity index (χ4v) is 3.65. The lowest BCUT2D eigenvalue weighted by molar-refractivity contribution is 0.0699. The van der Waals surface area contributed by atoms with E-state index in [1.54, 1.807) is 12.1 Å². The van der Waals surface area contributed by atoms with Gasteiger partial charge in [0, 0.05) is 17.2 Å². The smallest absolute Gasteiger partial charge is 0.336 e. The number of methoxy groups -OCH3 is 3. The first-order chi connectivity index (χ1) is 16.0. The van der Waals surface area contributed by atoms with E-state index in [2.05, 4.69) is 15.2 Å². The number of pyridine rings is 1. The number of hydrogen-bond acceptors (Lipinski definition) is 7. The maximum absolute atomic E-state index is 12.2. The molecule has 0 radical (unpaired) electrons. The van der Waals surface area contributed by atoms with Crippen molar-refractivity contribution >= 4 is 17.0 Å². The summed E-state index contributed by atoms with van der Waals surface area (Å²) >= 11 is 0. The van der Waals surface area contributed by atoms with Crippen LogP contribution < -0.4 is 18.9 Å². The Kier molecular flexibility index (Phi) is 6.03. The molecule has 0 amide bonds. The molecule has 9 heteroatoms. The number of fused-ring (bicyclic) bond motifs is 1. The predicted molar refractivity (Wildman–Crippen MR) is 123 cm³/mol. The van der Waals surface area contributed by atoms with E-state index in [9.17, 15) is 9.90 Å². The molecule has 9 nitrogen and oxygen atoms in total. The van der Waals surface area contributed by atoms with Crippen LogP contribution in [0.15, 0.2) is 42.5 Å². The molecule has 4 aromatic rings. The summed E-state index contributed by atoms with van der Waals surface area (Å²) in [6.45, 7) is 2.47. The number of benzene rings is 2. The second-order valence-electron chi connectivity index (χ2n) is 7.02. The molecule has 2 aromatic heterocycles. The molecule has 33 heavy (non-hydrogen) atoms. The zero-order valence-corrected chi connectivity index (χ0v) is 18.6. The minimum atomic E-state index is -1.10. The number of aromatic nitrogens is 3. The van der Waals surface area contributed by atoms with E-state index in [1.807, 2.05) is 31.2 Å². The quantitative estimate of drug-likeness (QED) is 0.406. The number of rotatable bonds is 8. The number of carboxylic acids is 1. The van der Waals surface area contributed by atoms with Crippen LogP contribution in [0.3, 0.4) is 0 Å². The van der Waals surface area contributed by atoms with Crippen LogP contribution in [0.1, 0.15) is 17.3 Å². The van der Waals surface area contributed by atoms with E-state index >= 15 is 0 Å². The van der Waals surface area contributed by atoms with Crippen molar-refractivity contribution in [1.82, 2.24) is 15.2 Å². The number of ether oxygens (including phenoxy) is 4. The van der Waals surface area contributed by atoms with Crippen molar-refractivity contribution in [3.05, 3.63) is 48.0 Å². The lowest BCUT2D eigenvalue weighted by Crippen LogP contribution is -2.01. The van der Waals surface area contributed by atoms with E-state index in [1.165, 1.54) is 27.4 Å². The van der Waals surface area contributed by atoms with Gasteiger partial charge in [0.15, 0.2) is 17.1 Å². The molecule has 170 valence electrons. The zero-order valence-electron chi connectivity index (χ0n) is 18.6. The maximum atomic E-state index is 12.2. The Balaban J connectivity index is 1.90. The normalized spacial score (nSPS) is 10.8. The number of nitrogens with zero attached hydrogens (tertiary/aromatic N) is 2. The Morgan fingerprint density at radius 3 is 2.24 bits per heavy atom. The zero-order chi connectivity index (χ0) is 23.5. The van der Waals surface area contributed by atoms with Crippen molar-refractivity contribution < 1.29 is 28.8 Å². The fraction of sp³-hybridized carbons (Fsp3) is 0.208. The molecular formula is C24H23N3O6. The van der Waals surface area contributed by atoms with Gasteiger partial charge >= 0.3 is 5.97 Å². The van der Waals surface area contributed by atoms with Gasteiger partial charge in [0.05, 0.1) is 50.3 Å². The van der Waals surface area contributed by atoms with Crippen LogP contribution in [0.4, 0.5) is 0 Å². The van der Waals surface area contributed by atoms with Gasteiger partial charge in [-0.05, 0) is 43.3 Å². The molecule has 2 aromatic carbocycles. The van der Waals surface area contributed by atoms with Crippen molar-refractivity contribution in [2.45, 2.75) is 6.92 Å². The van der Waals surface area contributed by atoms with Gasteiger partial charge in [-0.3, -0.25) is 5.10 Å². The van der Waals surface area contributed by atoms with E-state index < -0.39 is 5.97 Å². The summed E-state index contributed by atoms with van der Waals surface area (Å²) < 4.78 is 21.7. The summed E-state index contributed by atoms with van der Waals surface area (Å²) in [4.78, 5) is 16.8. The third kappa shape index (κ3) is 4.00. The highest BCUT2D eigenvalue weighted by molar-refractivity contribution is 6.08. The largest absolute Gasteiger partial charge is 0.496 e. The monoisotopic (exact) mass is 449 g/mol. The van der Waals surface area contributed by atoms with Crippen molar-refractivity contribution in [3.8, 4) is 45.5 Å². The number of nitrogens with one attached hydrogen (secondary N) is 1. The van der Waals surface area contributed by atoms with Crippen LogP contribution in [-0.2, 0) is 0 Å². The molecule has 0 aliphatic rings. The Labute approximate surface area is 189 Å². The van der Waals surface area contributed by atoms with E-state index in [0.717, 1.165) is 11.3 Å². The van der Waals surface area contributed by atoms with Crippen LogP contribution >= 0.6 is 0 Å². The lowest BCUT2D eigenvalue weighted by Gasteiger charge is -2.14. The highest BCUT2D eigenvalue weighted by atomic mass is 16.5. The summed E-state index contributed by atoms with van der Waals surface area (Å²) in [5, 5.41) is 17.6. The van der Waals surface area contributed by atoms with Gasteiger partial charge in [-0.1, -0.05) is 0 Å². The van der Waals surface area contributed by atoms with Crippen molar-refractivity contribution in [2.75, 3.05) is 27.9 Å². The minimum absolute atomic E-state index is 0.0597. The minimum Gasteiger partial charge on any atom is -0.496 e. The molecule has 0 aliphatic heterocycles. The van der Waals surface area contributed by atoms with Gasteiger partial charge < -0.3 is 24.1 Å². The van der Waals surface area contributed by atoms with Crippen LogP contribution in [0.2, 0.25) is 0 Å². The Bertz CT molecular complexity index is 1310. The third-order valence-corrected chi connectivity index (χ3v) is 5.19. The second-order valence-corrected chi connectivity index (χ2v) is 7.02. The first kappa shape index (κ1) is 21.9. The number of aromatic carboxylic acids is 1. The van der Waals surface area contributed by atoms with Crippen LogP contribution in [-0.4, -0.2) is 54.2 Å². The number of carbonyl (C=O) groups is 1. The average Bonchev–Trinajstić information content (AvgIpc) is 3.27. The standard InChI is InChI=1S/C24H23N3O6/c1-5-33-14-8-6-13(7-9-14)22-21-16(24(28)29)10-17(25-23(21)27-26-22)15-11-19(31-3)20(32-4)12-18(15)30-2/h6-12H,5H2,1-4H3,(H,28,29)(H,25,26,27). The van der Waals surface area contributed by atoms with E-state index in [-0.39, 0.29) is 11.2 Å². The molecule has 0 spiro atoms. The Morgan fingerprint density at radius 1 is 0.970 bits per heavy atom. The number of H-pyrrole nitrogens is 1. The van der Waals surface area contributed by atoms with Crippen LogP contribution in [0.25, 0.3) is 33.5 Å². The highest BCUT2D eigenvalue weighted by Gasteiger charge is 2.22. The molecule has 2 heterocycles. The summed E-state index contributed by atoms with van der Waals surface area (Å²) in [6.07, 6.45) is 0.